The number of nitrogens with one attached hydrogen (secondary N) is 2. The molecule has 37 heavy (non-hydrogen) atoms. The molecule has 3 aromatic heterocycles. The van der Waals surface area contributed by atoms with Gasteiger partial charge in [-0.1, -0.05) is 35.3 Å². The molecule has 1 aliphatic rings. The number of benzene rings is 1. The van der Waals surface area contributed by atoms with Crippen LogP contribution < -0.4 is 16.3 Å². The molecule has 1 fully saturated rings. The van der Waals surface area contributed by atoms with Gasteiger partial charge in [0.25, 0.3) is 5.91 Å². The van der Waals surface area contributed by atoms with E-state index in [1.807, 2.05) is 28.8 Å². The number of amides is 1. The van der Waals surface area contributed by atoms with E-state index in [1.54, 1.807) is 43.1 Å². The number of halogens is 2. The molecule has 8 nitrogen and oxygen atoms in total. The van der Waals surface area contributed by atoms with Crippen LogP contribution in [0.2, 0.25) is 10.0 Å². The van der Waals surface area contributed by atoms with Crippen molar-refractivity contribution in [1.29, 1.82) is 0 Å². The van der Waals surface area contributed by atoms with Crippen molar-refractivity contribution in [2.75, 3.05) is 12.4 Å². The number of aromatic nitrogens is 4. The summed E-state index contributed by atoms with van der Waals surface area (Å²) in [5.74, 6) is 0.743. The van der Waals surface area contributed by atoms with E-state index < -0.39 is 0 Å². The van der Waals surface area contributed by atoms with Crippen molar-refractivity contribution in [3.63, 3.8) is 0 Å². The lowest BCUT2D eigenvalue weighted by Crippen LogP contribution is -2.39. The van der Waals surface area contributed by atoms with Crippen molar-refractivity contribution in [1.82, 2.24) is 24.4 Å². The summed E-state index contributed by atoms with van der Waals surface area (Å²) in [5.41, 5.74) is 3.36. The Bertz CT molecular complexity index is 1520. The summed E-state index contributed by atoms with van der Waals surface area (Å²) in [6.07, 6.45) is 6.72. The third-order valence-electron chi connectivity index (χ3n) is 7.08. The summed E-state index contributed by atoms with van der Waals surface area (Å²) in [4.78, 5) is 34.9. The Morgan fingerprint density at radius 2 is 1.78 bits per heavy atom. The number of para-hydroxylation sites is 2. The minimum Gasteiger partial charge on any atom is -0.372 e. The maximum absolute atomic E-state index is 13.6. The first kappa shape index (κ1) is 25.3. The maximum atomic E-state index is 13.6. The number of rotatable bonds is 6. The standard InChI is InChI=1S/C27H28Cl2N6O2/c1-16-21(11-18(28)13-31-16)26(36)33-19-9-7-17(8-10-19)15-34-23-5-3-4-6-24(23)35(27(34)37)20-12-22(29)25(30-2)32-14-20/h3-6,11-14,17,19H,7-10,15H2,1-2H3,(H,30,32)(H,33,36)/t17-,19-. The van der Waals surface area contributed by atoms with Crippen molar-refractivity contribution in [2.45, 2.75) is 45.2 Å². The molecule has 0 unspecified atom stereocenters. The molecule has 1 aromatic carbocycles. The Morgan fingerprint density at radius 1 is 1.05 bits per heavy atom. The third kappa shape index (κ3) is 5.08. The summed E-state index contributed by atoms with van der Waals surface area (Å²) in [6.45, 7) is 2.41. The van der Waals surface area contributed by atoms with Crippen LogP contribution in [0.1, 0.15) is 41.7 Å². The van der Waals surface area contributed by atoms with Gasteiger partial charge in [0.05, 0.1) is 44.2 Å². The number of imidazole rings is 1. The van der Waals surface area contributed by atoms with Crippen molar-refractivity contribution in [3.8, 4) is 5.69 Å². The number of aryl methyl sites for hydroxylation is 1. The van der Waals surface area contributed by atoms with Gasteiger partial charge >= 0.3 is 5.69 Å². The van der Waals surface area contributed by atoms with E-state index >= 15 is 0 Å². The van der Waals surface area contributed by atoms with Crippen molar-refractivity contribution in [2.24, 2.45) is 5.92 Å². The molecule has 5 rings (SSSR count). The average Bonchev–Trinajstić information content (AvgIpc) is 3.17. The van der Waals surface area contributed by atoms with Gasteiger partial charge < -0.3 is 10.6 Å². The largest absolute Gasteiger partial charge is 0.372 e. The molecule has 192 valence electrons. The Hall–Kier alpha value is -3.36. The minimum atomic E-state index is -0.146. The summed E-state index contributed by atoms with van der Waals surface area (Å²) >= 11 is 12.4. The van der Waals surface area contributed by atoms with Gasteiger partial charge in [0.1, 0.15) is 5.82 Å². The highest BCUT2D eigenvalue weighted by Crippen LogP contribution is 2.28. The minimum absolute atomic E-state index is 0.0825. The second-order valence-electron chi connectivity index (χ2n) is 9.47. The van der Waals surface area contributed by atoms with Gasteiger partial charge in [0.2, 0.25) is 0 Å². The van der Waals surface area contributed by atoms with E-state index in [4.69, 9.17) is 23.2 Å². The predicted molar refractivity (Wildman–Crippen MR) is 147 cm³/mol. The Morgan fingerprint density at radius 3 is 2.49 bits per heavy atom. The summed E-state index contributed by atoms with van der Waals surface area (Å²) in [6, 6.07) is 11.3. The molecule has 0 radical (unpaired) electrons. The topological polar surface area (TPSA) is 93.8 Å². The maximum Gasteiger partial charge on any atom is 0.333 e. The van der Waals surface area contributed by atoms with Crippen molar-refractivity contribution >= 4 is 46.0 Å². The molecule has 10 heteroatoms. The van der Waals surface area contributed by atoms with Crippen LogP contribution in [-0.4, -0.2) is 38.1 Å². The number of carbonyl (C=O) groups is 1. The first-order chi connectivity index (χ1) is 17.9. The number of fused-ring (bicyclic) bond motifs is 1. The zero-order valence-corrected chi connectivity index (χ0v) is 22.2. The van der Waals surface area contributed by atoms with Gasteiger partial charge in [-0.25, -0.2) is 9.78 Å². The lowest BCUT2D eigenvalue weighted by atomic mass is 9.85. The van der Waals surface area contributed by atoms with Crippen LogP contribution in [-0.2, 0) is 6.54 Å². The molecule has 1 aliphatic carbocycles. The molecule has 0 saturated heterocycles. The molecule has 0 bridgehead atoms. The fraction of sp³-hybridized carbons (Fsp3) is 0.333. The van der Waals surface area contributed by atoms with Crippen LogP contribution >= 0.6 is 23.2 Å². The highest BCUT2D eigenvalue weighted by atomic mass is 35.5. The number of anilines is 1. The van der Waals surface area contributed by atoms with Gasteiger partial charge in [-0.15, -0.1) is 0 Å². The molecular formula is C27H28Cl2N6O2. The fourth-order valence-electron chi connectivity index (χ4n) is 5.12. The van der Waals surface area contributed by atoms with Gasteiger partial charge in [0.15, 0.2) is 0 Å². The third-order valence-corrected chi connectivity index (χ3v) is 7.57. The van der Waals surface area contributed by atoms with Gasteiger partial charge in [-0.05, 0) is 62.8 Å². The predicted octanol–water partition coefficient (Wildman–Crippen LogP) is 5.23. The van der Waals surface area contributed by atoms with E-state index in [1.165, 1.54) is 0 Å². The number of hydrogen-bond acceptors (Lipinski definition) is 5. The molecule has 2 N–H and O–H groups in total. The molecule has 0 aliphatic heterocycles. The highest BCUT2D eigenvalue weighted by Gasteiger charge is 2.26. The zero-order chi connectivity index (χ0) is 26.1. The molecule has 3 heterocycles. The average molecular weight is 539 g/mol. The first-order valence-corrected chi connectivity index (χ1v) is 13.1. The number of pyridine rings is 2. The van der Waals surface area contributed by atoms with Gasteiger partial charge in [-0.3, -0.25) is 18.9 Å². The lowest BCUT2D eigenvalue weighted by molar-refractivity contribution is 0.0919. The molecular weight excluding hydrogens is 511 g/mol. The molecule has 4 aromatic rings. The van der Waals surface area contributed by atoms with Crippen LogP contribution in [0.5, 0.6) is 0 Å². The molecule has 0 spiro atoms. The second kappa shape index (κ2) is 10.6. The summed E-state index contributed by atoms with van der Waals surface area (Å²) < 4.78 is 3.51. The SMILES string of the molecule is CNc1ncc(-n2c(=O)n(C[C@H]3CC[C@H](NC(=O)c4cc(Cl)cnc4C)CC3)c3ccccc32)cc1Cl. The Kier molecular flexibility index (Phi) is 7.22. The smallest absolute Gasteiger partial charge is 0.333 e. The quantitative estimate of drug-likeness (QED) is 0.350. The van der Waals surface area contributed by atoms with E-state index in [0.29, 0.717) is 45.3 Å². The summed E-state index contributed by atoms with van der Waals surface area (Å²) in [5, 5.41) is 6.97. The number of hydrogen-bond donors (Lipinski definition) is 2. The second-order valence-corrected chi connectivity index (χ2v) is 10.3. The highest BCUT2D eigenvalue weighted by molar-refractivity contribution is 6.33. The van der Waals surface area contributed by atoms with E-state index in [9.17, 15) is 9.59 Å². The monoisotopic (exact) mass is 538 g/mol. The normalized spacial score (nSPS) is 17.6. The van der Waals surface area contributed by atoms with Crippen LogP contribution in [0, 0.1) is 12.8 Å². The van der Waals surface area contributed by atoms with E-state index in [-0.39, 0.29) is 17.6 Å². The van der Waals surface area contributed by atoms with Crippen LogP contribution in [0.25, 0.3) is 16.7 Å². The van der Waals surface area contributed by atoms with Crippen molar-refractivity contribution < 1.29 is 4.79 Å². The Balaban J connectivity index is 1.32. The van der Waals surface area contributed by atoms with Crippen LogP contribution in [0.3, 0.4) is 0 Å². The molecule has 1 saturated carbocycles. The number of nitrogens with zero attached hydrogens (tertiary/aromatic N) is 4. The number of carbonyl (C=O) groups excluding carboxylic acids is 1. The first-order valence-electron chi connectivity index (χ1n) is 12.3. The van der Waals surface area contributed by atoms with E-state index in [2.05, 4.69) is 20.6 Å². The molecule has 0 atom stereocenters. The van der Waals surface area contributed by atoms with Gasteiger partial charge in [-0.2, -0.15) is 0 Å². The summed E-state index contributed by atoms with van der Waals surface area (Å²) in [7, 11) is 1.75. The van der Waals surface area contributed by atoms with Crippen LogP contribution in [0.15, 0.2) is 53.6 Å². The molecule has 1 amide bonds. The zero-order valence-electron chi connectivity index (χ0n) is 20.7. The van der Waals surface area contributed by atoms with Crippen molar-refractivity contribution in [3.05, 3.63) is 80.6 Å². The van der Waals surface area contributed by atoms with E-state index in [0.717, 1.165) is 36.7 Å². The fourth-order valence-corrected chi connectivity index (χ4v) is 5.53. The lowest BCUT2D eigenvalue weighted by Gasteiger charge is -2.29. The van der Waals surface area contributed by atoms with Gasteiger partial charge in [0, 0.05) is 25.8 Å². The Labute approximate surface area is 224 Å². The van der Waals surface area contributed by atoms with Crippen LogP contribution in [0.4, 0.5) is 5.82 Å².